The molecule has 1 unspecified atom stereocenters. The van der Waals surface area contributed by atoms with E-state index in [0.717, 1.165) is 13.0 Å². The standard InChI is InChI=1S/C8H18N2O/c1-3-4-11-6-7(2)5-8(9)10/h7H,3-6H2,1-2H3,(H3,9,10). The van der Waals surface area contributed by atoms with E-state index < -0.39 is 0 Å². The Morgan fingerprint density at radius 3 is 2.73 bits per heavy atom. The van der Waals surface area contributed by atoms with E-state index in [1.165, 1.54) is 0 Å². The van der Waals surface area contributed by atoms with Crippen LogP contribution in [0.25, 0.3) is 0 Å². The van der Waals surface area contributed by atoms with Gasteiger partial charge >= 0.3 is 0 Å². The quantitative estimate of drug-likeness (QED) is 0.348. The van der Waals surface area contributed by atoms with E-state index in [9.17, 15) is 0 Å². The third kappa shape index (κ3) is 7.33. The van der Waals surface area contributed by atoms with Crippen LogP contribution in [0.5, 0.6) is 0 Å². The smallest absolute Gasteiger partial charge is 0.0908 e. The molecule has 66 valence electrons. The van der Waals surface area contributed by atoms with Crippen molar-refractivity contribution in [2.75, 3.05) is 13.2 Å². The Morgan fingerprint density at radius 1 is 1.64 bits per heavy atom. The lowest BCUT2D eigenvalue weighted by Gasteiger charge is -2.09. The minimum atomic E-state index is 0.248. The molecule has 0 bridgehead atoms. The minimum absolute atomic E-state index is 0.248. The predicted octanol–water partition coefficient (Wildman–Crippen LogP) is 1.38. The maximum absolute atomic E-state index is 7.03. The van der Waals surface area contributed by atoms with Gasteiger partial charge in [0.05, 0.1) is 5.84 Å². The number of amidine groups is 1. The average molecular weight is 158 g/mol. The molecule has 0 fully saturated rings. The number of ether oxygens (including phenoxy) is 1. The summed E-state index contributed by atoms with van der Waals surface area (Å²) in [6.07, 6.45) is 1.69. The molecule has 0 rings (SSSR count). The Labute approximate surface area is 68.4 Å². The second kappa shape index (κ2) is 6.16. The fraction of sp³-hybridized carbons (Fsp3) is 0.875. The highest BCUT2D eigenvalue weighted by Gasteiger charge is 2.02. The van der Waals surface area contributed by atoms with Gasteiger partial charge in [-0.25, -0.2) is 0 Å². The summed E-state index contributed by atoms with van der Waals surface area (Å²) in [5.41, 5.74) is 5.23. The summed E-state index contributed by atoms with van der Waals surface area (Å²) >= 11 is 0. The van der Waals surface area contributed by atoms with Gasteiger partial charge in [0.1, 0.15) is 0 Å². The molecule has 0 amide bonds. The van der Waals surface area contributed by atoms with Crippen molar-refractivity contribution in [2.45, 2.75) is 26.7 Å². The molecule has 0 saturated heterocycles. The topological polar surface area (TPSA) is 59.1 Å². The van der Waals surface area contributed by atoms with Crippen LogP contribution in [0.4, 0.5) is 0 Å². The lowest BCUT2D eigenvalue weighted by molar-refractivity contribution is 0.107. The molecule has 0 aromatic rings. The molecule has 3 heteroatoms. The minimum Gasteiger partial charge on any atom is -0.388 e. The molecule has 0 aliphatic rings. The first-order valence-corrected chi connectivity index (χ1v) is 4.07. The third-order valence-electron chi connectivity index (χ3n) is 1.32. The van der Waals surface area contributed by atoms with Crippen LogP contribution in [-0.4, -0.2) is 19.0 Å². The lowest BCUT2D eigenvalue weighted by Crippen LogP contribution is -2.17. The van der Waals surface area contributed by atoms with Crippen LogP contribution in [-0.2, 0) is 4.74 Å². The van der Waals surface area contributed by atoms with Crippen LogP contribution in [0.3, 0.4) is 0 Å². The van der Waals surface area contributed by atoms with Gasteiger partial charge in [-0.2, -0.15) is 0 Å². The molecule has 1 atom stereocenters. The first kappa shape index (κ1) is 10.4. The van der Waals surface area contributed by atoms with Crippen molar-refractivity contribution in [1.29, 1.82) is 5.41 Å². The Bertz CT molecular complexity index is 115. The number of nitrogens with two attached hydrogens (primary N) is 1. The maximum Gasteiger partial charge on any atom is 0.0908 e. The first-order valence-electron chi connectivity index (χ1n) is 4.07. The number of rotatable bonds is 6. The molecule has 0 heterocycles. The largest absolute Gasteiger partial charge is 0.388 e. The highest BCUT2D eigenvalue weighted by molar-refractivity contribution is 5.76. The summed E-state index contributed by atoms with van der Waals surface area (Å²) in [4.78, 5) is 0. The maximum atomic E-state index is 7.03. The first-order chi connectivity index (χ1) is 5.16. The predicted molar refractivity (Wildman–Crippen MR) is 46.8 cm³/mol. The SMILES string of the molecule is CCCOCC(C)CC(=N)N. The summed E-state index contributed by atoms with van der Waals surface area (Å²) in [5, 5.41) is 7.03. The number of nitrogens with one attached hydrogen (secondary N) is 1. The molecule has 0 spiro atoms. The molecule has 11 heavy (non-hydrogen) atoms. The molecule has 3 N–H and O–H groups in total. The number of hydrogen-bond donors (Lipinski definition) is 2. The molecule has 0 aromatic heterocycles. The fourth-order valence-electron chi connectivity index (χ4n) is 0.863. The Morgan fingerprint density at radius 2 is 2.27 bits per heavy atom. The molecule has 0 saturated carbocycles. The number of hydrogen-bond acceptors (Lipinski definition) is 2. The highest BCUT2D eigenvalue weighted by Crippen LogP contribution is 2.01. The van der Waals surface area contributed by atoms with Crippen molar-refractivity contribution < 1.29 is 4.74 Å². The Hall–Kier alpha value is -0.570. The zero-order valence-electron chi connectivity index (χ0n) is 7.39. The van der Waals surface area contributed by atoms with Crippen molar-refractivity contribution >= 4 is 5.84 Å². The van der Waals surface area contributed by atoms with Crippen molar-refractivity contribution in [3.63, 3.8) is 0 Å². The molecule has 0 aliphatic carbocycles. The summed E-state index contributed by atoms with van der Waals surface area (Å²) < 4.78 is 5.29. The van der Waals surface area contributed by atoms with Crippen LogP contribution < -0.4 is 5.73 Å². The molecule has 0 radical (unpaired) electrons. The van der Waals surface area contributed by atoms with Crippen LogP contribution in [0.2, 0.25) is 0 Å². The van der Waals surface area contributed by atoms with Crippen LogP contribution in [0.1, 0.15) is 26.7 Å². The van der Waals surface area contributed by atoms with E-state index in [1.54, 1.807) is 0 Å². The zero-order chi connectivity index (χ0) is 8.69. The molecule has 0 aliphatic heterocycles. The Balaban J connectivity index is 3.22. The van der Waals surface area contributed by atoms with Gasteiger partial charge in [0.25, 0.3) is 0 Å². The van der Waals surface area contributed by atoms with Crippen LogP contribution >= 0.6 is 0 Å². The van der Waals surface area contributed by atoms with E-state index in [4.69, 9.17) is 15.9 Å². The van der Waals surface area contributed by atoms with E-state index >= 15 is 0 Å². The van der Waals surface area contributed by atoms with Gasteiger partial charge in [0.2, 0.25) is 0 Å². The molecule has 3 nitrogen and oxygen atoms in total. The average Bonchev–Trinajstić information content (AvgIpc) is 1.86. The second-order valence-corrected chi connectivity index (χ2v) is 2.91. The van der Waals surface area contributed by atoms with E-state index in [2.05, 4.69) is 6.92 Å². The van der Waals surface area contributed by atoms with Gasteiger partial charge in [-0.3, -0.25) is 5.41 Å². The van der Waals surface area contributed by atoms with Gasteiger partial charge in [-0.1, -0.05) is 13.8 Å². The summed E-state index contributed by atoms with van der Waals surface area (Å²) in [6, 6.07) is 0. The normalized spacial score (nSPS) is 12.9. The van der Waals surface area contributed by atoms with E-state index in [0.29, 0.717) is 18.9 Å². The van der Waals surface area contributed by atoms with Gasteiger partial charge in [0.15, 0.2) is 0 Å². The highest BCUT2D eigenvalue weighted by atomic mass is 16.5. The van der Waals surface area contributed by atoms with Crippen LogP contribution in [0.15, 0.2) is 0 Å². The lowest BCUT2D eigenvalue weighted by atomic mass is 10.1. The zero-order valence-corrected chi connectivity index (χ0v) is 7.39. The van der Waals surface area contributed by atoms with Crippen LogP contribution in [0, 0.1) is 11.3 Å². The third-order valence-corrected chi connectivity index (χ3v) is 1.32. The van der Waals surface area contributed by atoms with Gasteiger partial charge < -0.3 is 10.5 Å². The summed E-state index contributed by atoms with van der Waals surface area (Å²) in [5.74, 6) is 0.622. The Kier molecular flexibility index (Phi) is 5.84. The van der Waals surface area contributed by atoms with E-state index in [-0.39, 0.29) is 5.84 Å². The van der Waals surface area contributed by atoms with Gasteiger partial charge in [-0.05, 0) is 12.3 Å². The van der Waals surface area contributed by atoms with E-state index in [1.807, 2.05) is 6.92 Å². The van der Waals surface area contributed by atoms with Crippen molar-refractivity contribution in [3.05, 3.63) is 0 Å². The molecular weight excluding hydrogens is 140 g/mol. The summed E-state index contributed by atoms with van der Waals surface area (Å²) in [6.45, 7) is 5.64. The van der Waals surface area contributed by atoms with Gasteiger partial charge in [0, 0.05) is 19.6 Å². The molecular formula is C8H18N2O. The second-order valence-electron chi connectivity index (χ2n) is 2.91. The van der Waals surface area contributed by atoms with Crippen molar-refractivity contribution in [2.24, 2.45) is 11.7 Å². The summed E-state index contributed by atoms with van der Waals surface area (Å²) in [7, 11) is 0. The van der Waals surface area contributed by atoms with Gasteiger partial charge in [-0.15, -0.1) is 0 Å². The monoisotopic (exact) mass is 158 g/mol. The molecule has 0 aromatic carbocycles. The van der Waals surface area contributed by atoms with Crippen molar-refractivity contribution in [1.82, 2.24) is 0 Å². The van der Waals surface area contributed by atoms with Crippen molar-refractivity contribution in [3.8, 4) is 0 Å². The fourth-order valence-corrected chi connectivity index (χ4v) is 0.863.